The number of methoxy groups -OCH3 is 1. The van der Waals surface area contributed by atoms with Gasteiger partial charge in [-0.3, -0.25) is 14.9 Å². The van der Waals surface area contributed by atoms with Crippen LogP contribution in [0.3, 0.4) is 0 Å². The molecule has 10 heteroatoms. The topological polar surface area (TPSA) is 112 Å². The van der Waals surface area contributed by atoms with E-state index in [0.717, 1.165) is 5.56 Å². The number of hydrogen-bond donors (Lipinski definition) is 1. The Balaban J connectivity index is 1.77. The summed E-state index contributed by atoms with van der Waals surface area (Å²) in [5, 5.41) is 22.9. The number of carbonyl (C=O) groups excluding carboxylic acids is 1. The third-order valence-corrected chi connectivity index (χ3v) is 5.20. The van der Waals surface area contributed by atoms with Crippen molar-refractivity contribution < 1.29 is 14.5 Å². The van der Waals surface area contributed by atoms with Crippen molar-refractivity contribution in [2.75, 3.05) is 12.4 Å². The minimum Gasteiger partial charge on any atom is -0.496 e. The van der Waals surface area contributed by atoms with E-state index in [4.69, 9.17) is 4.74 Å². The lowest BCUT2D eigenvalue weighted by molar-refractivity contribution is -0.384. The van der Waals surface area contributed by atoms with Crippen LogP contribution in [0.1, 0.15) is 12.5 Å². The first-order chi connectivity index (χ1) is 13.9. The Labute approximate surface area is 171 Å². The molecule has 0 fully saturated rings. The van der Waals surface area contributed by atoms with Crippen molar-refractivity contribution in [1.29, 1.82) is 0 Å². The van der Waals surface area contributed by atoms with E-state index >= 15 is 0 Å². The van der Waals surface area contributed by atoms with Gasteiger partial charge < -0.3 is 14.6 Å². The largest absolute Gasteiger partial charge is 0.496 e. The highest BCUT2D eigenvalue weighted by molar-refractivity contribution is 7.98. The molecule has 0 aliphatic carbocycles. The molecular formula is C19H19N5O4S. The van der Waals surface area contributed by atoms with Gasteiger partial charge in [0.25, 0.3) is 5.69 Å². The number of nitro benzene ring substituents is 1. The molecule has 0 spiro atoms. The smallest absolute Gasteiger partial charge is 0.270 e. The first-order valence-electron chi connectivity index (χ1n) is 8.60. The van der Waals surface area contributed by atoms with Crippen molar-refractivity contribution in [3.63, 3.8) is 0 Å². The van der Waals surface area contributed by atoms with Gasteiger partial charge in [-0.15, -0.1) is 10.2 Å². The molecule has 1 amide bonds. The van der Waals surface area contributed by atoms with E-state index in [1.807, 2.05) is 23.7 Å². The van der Waals surface area contributed by atoms with E-state index in [1.165, 1.54) is 37.9 Å². The summed E-state index contributed by atoms with van der Waals surface area (Å²) in [5.74, 6) is 1.57. The van der Waals surface area contributed by atoms with Crippen LogP contribution in [-0.4, -0.2) is 32.7 Å². The number of hydrogen-bond acceptors (Lipinski definition) is 7. The maximum absolute atomic E-state index is 11.1. The molecule has 0 saturated heterocycles. The lowest BCUT2D eigenvalue weighted by Gasteiger charge is -2.08. The number of non-ortho nitro benzene ring substituents is 1. The van der Waals surface area contributed by atoms with Crippen LogP contribution in [0.15, 0.2) is 47.6 Å². The Kier molecular flexibility index (Phi) is 6.13. The molecule has 0 aliphatic heterocycles. The van der Waals surface area contributed by atoms with Gasteiger partial charge in [0.1, 0.15) is 5.75 Å². The highest BCUT2D eigenvalue weighted by atomic mass is 32.2. The van der Waals surface area contributed by atoms with Crippen molar-refractivity contribution in [2.45, 2.75) is 17.8 Å². The van der Waals surface area contributed by atoms with Crippen molar-refractivity contribution in [3.05, 3.63) is 58.1 Å². The average Bonchev–Trinajstić information content (AvgIpc) is 3.06. The highest BCUT2D eigenvalue weighted by Gasteiger charge is 2.15. The van der Waals surface area contributed by atoms with Gasteiger partial charge >= 0.3 is 0 Å². The fourth-order valence-corrected chi connectivity index (χ4v) is 3.62. The van der Waals surface area contributed by atoms with Crippen LogP contribution in [0.25, 0.3) is 11.4 Å². The molecule has 150 valence electrons. The average molecular weight is 413 g/mol. The minimum atomic E-state index is -0.432. The monoisotopic (exact) mass is 413 g/mol. The summed E-state index contributed by atoms with van der Waals surface area (Å²) >= 11 is 1.41. The summed E-state index contributed by atoms with van der Waals surface area (Å²) in [6.07, 6.45) is 0. The third kappa shape index (κ3) is 4.72. The van der Waals surface area contributed by atoms with Crippen LogP contribution >= 0.6 is 11.8 Å². The lowest BCUT2D eigenvalue weighted by atomic mass is 10.2. The first kappa shape index (κ1) is 20.3. The second-order valence-corrected chi connectivity index (χ2v) is 7.11. The molecule has 1 aromatic heterocycles. The molecule has 0 unspecified atom stereocenters. The zero-order valence-corrected chi connectivity index (χ0v) is 16.9. The van der Waals surface area contributed by atoms with Crippen molar-refractivity contribution >= 4 is 29.0 Å². The Hall–Kier alpha value is -3.40. The van der Waals surface area contributed by atoms with E-state index in [2.05, 4.69) is 15.5 Å². The molecule has 0 atom stereocenters. The van der Waals surface area contributed by atoms with E-state index in [0.29, 0.717) is 33.7 Å². The molecule has 2 aromatic carbocycles. The number of rotatable bonds is 7. The SMILES string of the molecule is COc1ccc([N+](=O)[O-])cc1CSc1nnc(-c2ccc(NC(C)=O)cc2)n1C. The van der Waals surface area contributed by atoms with Crippen LogP contribution in [-0.2, 0) is 17.6 Å². The number of aromatic nitrogens is 3. The molecule has 1 heterocycles. The van der Waals surface area contributed by atoms with Gasteiger partial charge in [0.15, 0.2) is 11.0 Å². The van der Waals surface area contributed by atoms with Crippen LogP contribution in [0.5, 0.6) is 5.75 Å². The lowest BCUT2D eigenvalue weighted by Crippen LogP contribution is -2.05. The maximum atomic E-state index is 11.1. The summed E-state index contributed by atoms with van der Waals surface area (Å²) in [6.45, 7) is 1.45. The summed E-state index contributed by atoms with van der Waals surface area (Å²) in [5.41, 5.74) is 2.28. The number of carbonyl (C=O) groups is 1. The number of amides is 1. The molecular weight excluding hydrogens is 394 g/mol. The fourth-order valence-electron chi connectivity index (χ4n) is 2.73. The predicted octanol–water partition coefficient (Wildman–Crippen LogP) is 3.65. The van der Waals surface area contributed by atoms with Crippen molar-refractivity contribution in [1.82, 2.24) is 14.8 Å². The standard InChI is InChI=1S/C19H19N5O4S/c1-12(25)20-15-6-4-13(5-7-15)18-21-22-19(23(18)2)29-11-14-10-16(24(26)27)8-9-17(14)28-3/h4-10H,11H2,1-3H3,(H,20,25). The van der Waals surface area contributed by atoms with Gasteiger partial charge in [-0.1, -0.05) is 11.8 Å². The predicted molar refractivity (Wildman–Crippen MR) is 110 cm³/mol. The number of ether oxygens (including phenoxy) is 1. The number of thioether (sulfide) groups is 1. The summed E-state index contributed by atoms with van der Waals surface area (Å²) in [6, 6.07) is 11.8. The Morgan fingerprint density at radius 2 is 1.97 bits per heavy atom. The van der Waals surface area contributed by atoms with E-state index in [-0.39, 0.29) is 11.6 Å². The molecule has 3 rings (SSSR count). The van der Waals surface area contributed by atoms with E-state index < -0.39 is 4.92 Å². The van der Waals surface area contributed by atoms with Gasteiger partial charge in [-0.05, 0) is 30.3 Å². The summed E-state index contributed by atoms with van der Waals surface area (Å²) < 4.78 is 7.15. The quantitative estimate of drug-likeness (QED) is 0.357. The number of anilines is 1. The van der Waals surface area contributed by atoms with Crippen LogP contribution in [0.2, 0.25) is 0 Å². The minimum absolute atomic E-state index is 0.0133. The molecule has 3 aromatic rings. The maximum Gasteiger partial charge on any atom is 0.270 e. The van der Waals surface area contributed by atoms with Gasteiger partial charge in [0.05, 0.1) is 12.0 Å². The van der Waals surface area contributed by atoms with E-state index in [1.54, 1.807) is 18.2 Å². The van der Waals surface area contributed by atoms with Crippen LogP contribution in [0.4, 0.5) is 11.4 Å². The van der Waals surface area contributed by atoms with Crippen molar-refractivity contribution in [2.24, 2.45) is 7.05 Å². The highest BCUT2D eigenvalue weighted by Crippen LogP contribution is 2.31. The number of nitro groups is 1. The normalized spacial score (nSPS) is 10.6. The number of benzene rings is 2. The van der Waals surface area contributed by atoms with Gasteiger partial charge in [0.2, 0.25) is 5.91 Å². The first-order valence-corrected chi connectivity index (χ1v) is 9.59. The van der Waals surface area contributed by atoms with Gasteiger partial charge in [-0.2, -0.15) is 0 Å². The number of nitrogens with one attached hydrogen (secondary N) is 1. The Morgan fingerprint density at radius 1 is 1.24 bits per heavy atom. The Morgan fingerprint density at radius 3 is 2.59 bits per heavy atom. The van der Waals surface area contributed by atoms with Gasteiger partial charge in [-0.25, -0.2) is 0 Å². The molecule has 29 heavy (non-hydrogen) atoms. The molecule has 0 saturated carbocycles. The Bertz CT molecular complexity index is 1050. The molecule has 1 N–H and O–H groups in total. The van der Waals surface area contributed by atoms with Crippen LogP contribution < -0.4 is 10.1 Å². The van der Waals surface area contributed by atoms with Crippen LogP contribution in [0, 0.1) is 10.1 Å². The summed E-state index contributed by atoms with van der Waals surface area (Å²) in [4.78, 5) is 21.7. The zero-order valence-electron chi connectivity index (χ0n) is 16.1. The molecule has 0 radical (unpaired) electrons. The number of nitrogens with zero attached hydrogens (tertiary/aromatic N) is 4. The van der Waals surface area contributed by atoms with Crippen molar-refractivity contribution in [3.8, 4) is 17.1 Å². The second kappa shape index (κ2) is 8.74. The fraction of sp³-hybridized carbons (Fsp3) is 0.211. The second-order valence-electron chi connectivity index (χ2n) is 6.17. The third-order valence-electron chi connectivity index (χ3n) is 4.13. The van der Waals surface area contributed by atoms with Gasteiger partial charge in [0, 0.05) is 48.7 Å². The summed E-state index contributed by atoms with van der Waals surface area (Å²) in [7, 11) is 3.38. The molecule has 9 nitrogen and oxygen atoms in total. The molecule has 0 aliphatic rings. The van der Waals surface area contributed by atoms with E-state index in [9.17, 15) is 14.9 Å². The molecule has 0 bridgehead atoms. The zero-order chi connectivity index (χ0) is 21.0.